The van der Waals surface area contributed by atoms with Gasteiger partial charge in [0.25, 0.3) is 0 Å². The Kier molecular flexibility index (Phi) is 5.46. The van der Waals surface area contributed by atoms with E-state index in [1.54, 1.807) is 26.4 Å². The van der Waals surface area contributed by atoms with Crippen molar-refractivity contribution in [2.45, 2.75) is 13.2 Å². The van der Waals surface area contributed by atoms with Crippen LogP contribution in [-0.2, 0) is 22.7 Å². The normalized spacial score (nSPS) is 11.2. The molecule has 2 aromatic carbocycles. The van der Waals surface area contributed by atoms with Crippen molar-refractivity contribution in [3.63, 3.8) is 0 Å². The van der Waals surface area contributed by atoms with E-state index in [9.17, 15) is 0 Å². The highest BCUT2D eigenvalue weighted by atomic mass is 16.5. The minimum absolute atomic E-state index is 0.423. The second-order valence-corrected chi connectivity index (χ2v) is 4.84. The summed E-state index contributed by atoms with van der Waals surface area (Å²) in [6.07, 6.45) is 0. The number of azo groups is 1. The molecule has 0 spiro atoms. The maximum Gasteiger partial charge on any atom is 0.0913 e. The molecule has 2 rings (SSSR count). The highest BCUT2D eigenvalue weighted by Gasteiger charge is 2.05. The highest BCUT2D eigenvalue weighted by Crippen LogP contribution is 2.28. The van der Waals surface area contributed by atoms with Gasteiger partial charge in [-0.2, -0.15) is 10.2 Å². The van der Waals surface area contributed by atoms with Crippen LogP contribution in [0.1, 0.15) is 11.1 Å². The van der Waals surface area contributed by atoms with E-state index < -0.39 is 0 Å². The molecule has 0 aliphatic rings. The molecule has 116 valence electrons. The van der Waals surface area contributed by atoms with Crippen molar-refractivity contribution in [2.24, 2.45) is 10.2 Å². The van der Waals surface area contributed by atoms with Crippen LogP contribution in [0.4, 0.5) is 22.7 Å². The lowest BCUT2D eigenvalue weighted by molar-refractivity contribution is 0.185. The van der Waals surface area contributed by atoms with Crippen molar-refractivity contribution < 1.29 is 9.47 Å². The zero-order chi connectivity index (χ0) is 15.9. The summed E-state index contributed by atoms with van der Waals surface area (Å²) in [5.74, 6) is 0. The van der Waals surface area contributed by atoms with Crippen molar-refractivity contribution >= 4 is 22.7 Å². The van der Waals surface area contributed by atoms with Gasteiger partial charge in [0.15, 0.2) is 0 Å². The molecule has 6 nitrogen and oxygen atoms in total. The zero-order valence-corrected chi connectivity index (χ0v) is 12.7. The summed E-state index contributed by atoms with van der Waals surface area (Å²) in [5, 5.41) is 8.60. The third-order valence-corrected chi connectivity index (χ3v) is 3.07. The van der Waals surface area contributed by atoms with Gasteiger partial charge in [-0.1, -0.05) is 0 Å². The standard InChI is InChI=1S/C16H20N4O2/c1-21-9-11-7-13(17)3-5-15(11)19-20-16-6-4-14(18)8-12(16)10-22-2/h3-8H,9-10,17-18H2,1-2H3. The first-order chi connectivity index (χ1) is 10.6. The summed E-state index contributed by atoms with van der Waals surface area (Å²) in [5.41, 5.74) is 16.1. The van der Waals surface area contributed by atoms with Crippen LogP contribution in [0.5, 0.6) is 0 Å². The van der Waals surface area contributed by atoms with E-state index in [0.29, 0.717) is 24.6 Å². The van der Waals surface area contributed by atoms with Gasteiger partial charge in [-0.3, -0.25) is 0 Å². The van der Waals surface area contributed by atoms with Crippen LogP contribution in [0.2, 0.25) is 0 Å². The largest absolute Gasteiger partial charge is 0.399 e. The minimum Gasteiger partial charge on any atom is -0.399 e. The molecule has 0 aromatic heterocycles. The van der Waals surface area contributed by atoms with Gasteiger partial charge in [0.05, 0.1) is 24.6 Å². The first kappa shape index (κ1) is 15.9. The third-order valence-electron chi connectivity index (χ3n) is 3.07. The number of benzene rings is 2. The zero-order valence-electron chi connectivity index (χ0n) is 12.7. The van der Waals surface area contributed by atoms with Crippen molar-refractivity contribution in [2.75, 3.05) is 25.7 Å². The Morgan fingerprint density at radius 2 is 1.18 bits per heavy atom. The summed E-state index contributed by atoms with van der Waals surface area (Å²) in [6.45, 7) is 0.845. The summed E-state index contributed by atoms with van der Waals surface area (Å²) in [4.78, 5) is 0. The molecule has 6 heteroatoms. The third kappa shape index (κ3) is 4.03. The molecule has 0 aliphatic heterocycles. The number of anilines is 2. The van der Waals surface area contributed by atoms with Crippen molar-refractivity contribution in [3.05, 3.63) is 47.5 Å². The Bertz CT molecular complexity index is 614. The molecule has 0 saturated heterocycles. The van der Waals surface area contributed by atoms with Gasteiger partial charge in [0, 0.05) is 36.7 Å². The number of ether oxygens (including phenoxy) is 2. The van der Waals surface area contributed by atoms with Crippen LogP contribution in [0, 0.1) is 0 Å². The predicted octanol–water partition coefficient (Wildman–Crippen LogP) is 3.56. The van der Waals surface area contributed by atoms with E-state index in [2.05, 4.69) is 10.2 Å². The lowest BCUT2D eigenvalue weighted by Gasteiger charge is -2.07. The predicted molar refractivity (Wildman–Crippen MR) is 87.3 cm³/mol. The topological polar surface area (TPSA) is 95.2 Å². The molecule has 0 fully saturated rings. The number of nitrogens with two attached hydrogens (primary N) is 2. The molecule has 0 saturated carbocycles. The van der Waals surface area contributed by atoms with Crippen molar-refractivity contribution in [1.82, 2.24) is 0 Å². The molecule has 0 atom stereocenters. The fourth-order valence-electron chi connectivity index (χ4n) is 2.06. The van der Waals surface area contributed by atoms with Gasteiger partial charge in [0.1, 0.15) is 0 Å². The van der Waals surface area contributed by atoms with Crippen LogP contribution >= 0.6 is 0 Å². The van der Waals surface area contributed by atoms with Gasteiger partial charge >= 0.3 is 0 Å². The second kappa shape index (κ2) is 7.53. The van der Waals surface area contributed by atoms with E-state index >= 15 is 0 Å². The van der Waals surface area contributed by atoms with Crippen LogP contribution in [-0.4, -0.2) is 14.2 Å². The molecule has 0 unspecified atom stereocenters. The SMILES string of the molecule is COCc1cc(N)ccc1N=Nc1ccc(N)cc1COC. The smallest absolute Gasteiger partial charge is 0.0913 e. The number of hydrogen-bond acceptors (Lipinski definition) is 6. The van der Waals surface area contributed by atoms with Crippen molar-refractivity contribution in [1.29, 1.82) is 0 Å². The number of nitrogens with zero attached hydrogens (tertiary/aromatic N) is 2. The highest BCUT2D eigenvalue weighted by molar-refractivity contribution is 5.56. The Morgan fingerprint density at radius 3 is 1.55 bits per heavy atom. The van der Waals surface area contributed by atoms with Gasteiger partial charge in [-0.25, -0.2) is 0 Å². The Hall–Kier alpha value is -2.44. The maximum absolute atomic E-state index is 5.79. The monoisotopic (exact) mass is 300 g/mol. The summed E-state index contributed by atoms with van der Waals surface area (Å²) in [6, 6.07) is 10.9. The Labute approximate surface area is 129 Å². The minimum atomic E-state index is 0.423. The first-order valence-electron chi connectivity index (χ1n) is 6.80. The Morgan fingerprint density at radius 1 is 0.773 bits per heavy atom. The number of methoxy groups -OCH3 is 2. The molecular weight excluding hydrogens is 280 g/mol. The quantitative estimate of drug-likeness (QED) is 0.630. The van der Waals surface area contributed by atoms with E-state index in [4.69, 9.17) is 20.9 Å². The van der Waals surface area contributed by atoms with E-state index in [-0.39, 0.29) is 0 Å². The molecule has 0 bridgehead atoms. The molecule has 0 radical (unpaired) electrons. The fraction of sp³-hybridized carbons (Fsp3) is 0.250. The first-order valence-corrected chi connectivity index (χ1v) is 6.80. The molecule has 0 heterocycles. The van der Waals surface area contributed by atoms with E-state index in [0.717, 1.165) is 22.5 Å². The van der Waals surface area contributed by atoms with Gasteiger partial charge in [-0.15, -0.1) is 0 Å². The van der Waals surface area contributed by atoms with Gasteiger partial charge in [-0.05, 0) is 36.4 Å². The summed E-state index contributed by atoms with van der Waals surface area (Å²) < 4.78 is 10.3. The molecule has 0 amide bonds. The van der Waals surface area contributed by atoms with Crippen LogP contribution < -0.4 is 11.5 Å². The number of nitrogen functional groups attached to an aromatic ring is 2. The lowest BCUT2D eigenvalue weighted by Crippen LogP contribution is -1.92. The average molecular weight is 300 g/mol. The molecule has 2 aromatic rings. The average Bonchev–Trinajstić information content (AvgIpc) is 2.49. The molecule has 4 N–H and O–H groups in total. The van der Waals surface area contributed by atoms with E-state index in [1.165, 1.54) is 0 Å². The molecule has 0 aliphatic carbocycles. The maximum atomic E-state index is 5.79. The summed E-state index contributed by atoms with van der Waals surface area (Å²) >= 11 is 0. The van der Waals surface area contributed by atoms with Crippen LogP contribution in [0.3, 0.4) is 0 Å². The van der Waals surface area contributed by atoms with Crippen LogP contribution in [0.15, 0.2) is 46.6 Å². The molecular formula is C16H20N4O2. The molecule has 22 heavy (non-hydrogen) atoms. The number of hydrogen-bond donors (Lipinski definition) is 2. The summed E-state index contributed by atoms with van der Waals surface area (Å²) in [7, 11) is 3.25. The van der Waals surface area contributed by atoms with Gasteiger partial charge in [0.2, 0.25) is 0 Å². The fourth-order valence-corrected chi connectivity index (χ4v) is 2.06. The van der Waals surface area contributed by atoms with Crippen molar-refractivity contribution in [3.8, 4) is 0 Å². The Balaban J connectivity index is 2.32. The van der Waals surface area contributed by atoms with E-state index in [1.807, 2.05) is 24.3 Å². The number of rotatable bonds is 6. The van der Waals surface area contributed by atoms with Crippen LogP contribution in [0.25, 0.3) is 0 Å². The van der Waals surface area contributed by atoms with Gasteiger partial charge < -0.3 is 20.9 Å². The lowest BCUT2D eigenvalue weighted by atomic mass is 10.1. The second-order valence-electron chi connectivity index (χ2n) is 4.84.